The van der Waals surface area contributed by atoms with Gasteiger partial charge in [-0.05, 0) is 57.9 Å². The number of anilines is 3. The quantitative estimate of drug-likeness (QED) is 0.440. The lowest BCUT2D eigenvalue weighted by Crippen LogP contribution is -2.44. The summed E-state index contributed by atoms with van der Waals surface area (Å²) in [6.07, 6.45) is -3.56. The van der Waals surface area contributed by atoms with Gasteiger partial charge in [-0.25, -0.2) is 4.79 Å². The molecule has 0 saturated carbocycles. The molecule has 2 aliphatic rings. The zero-order chi connectivity index (χ0) is 23.1. The second-order valence-corrected chi connectivity index (χ2v) is 10.1. The van der Waals surface area contributed by atoms with Gasteiger partial charge in [-0.2, -0.15) is 13.2 Å². The highest BCUT2D eigenvalue weighted by Gasteiger charge is 2.34. The van der Waals surface area contributed by atoms with Gasteiger partial charge in [0.25, 0.3) is 0 Å². The third-order valence-corrected chi connectivity index (χ3v) is 6.42. The van der Waals surface area contributed by atoms with Crippen molar-refractivity contribution in [1.29, 1.82) is 0 Å². The van der Waals surface area contributed by atoms with Crippen LogP contribution in [0.1, 0.15) is 39.2 Å². The van der Waals surface area contributed by atoms with Crippen LogP contribution in [0.15, 0.2) is 46.2 Å². The molecule has 0 spiro atoms. The number of carbonyl (C=O) groups is 1. The number of nitrogens with one attached hydrogen (secondary N) is 2. The van der Waals surface area contributed by atoms with Gasteiger partial charge >= 0.3 is 12.3 Å². The molecule has 2 heterocycles. The molecular formula is C23H26F3N3O2S. The Bertz CT molecular complexity index is 1010. The second-order valence-electron chi connectivity index (χ2n) is 9.00. The first-order chi connectivity index (χ1) is 15.0. The van der Waals surface area contributed by atoms with Crippen molar-refractivity contribution in [1.82, 2.24) is 4.90 Å². The fraction of sp³-hybridized carbons (Fsp3) is 0.435. The molecule has 0 radical (unpaired) electrons. The molecule has 32 heavy (non-hydrogen) atoms. The number of ether oxygens (including phenoxy) is 1. The number of benzene rings is 2. The molecule has 1 saturated heterocycles. The topological polar surface area (TPSA) is 53.6 Å². The third-order valence-electron chi connectivity index (χ3n) is 5.30. The highest BCUT2D eigenvalue weighted by atomic mass is 32.2. The maximum Gasteiger partial charge on any atom is 0.416 e. The molecule has 2 aliphatic heterocycles. The van der Waals surface area contributed by atoms with E-state index in [1.165, 1.54) is 23.9 Å². The highest BCUT2D eigenvalue weighted by molar-refractivity contribution is 7.99. The molecule has 0 aliphatic carbocycles. The Morgan fingerprint density at radius 2 is 1.81 bits per heavy atom. The summed E-state index contributed by atoms with van der Waals surface area (Å²) in [6.45, 7) is 6.43. The van der Waals surface area contributed by atoms with E-state index in [0.717, 1.165) is 10.6 Å². The average molecular weight is 466 g/mol. The average Bonchev–Trinajstić information content (AvgIpc) is 2.71. The standard InChI is InChI=1S/C23H26F3N3O2S/c1-22(2,3)31-21(30)29-10-8-15(9-11-29)27-17-12-14(23(24,25)26)13-19-20(17)28-16-6-4-5-7-18(16)32-19/h4-7,12-13,15,27-28H,8-11H2,1-3H3. The van der Waals surface area contributed by atoms with Crippen molar-refractivity contribution in [3.05, 3.63) is 42.0 Å². The molecule has 5 nitrogen and oxygen atoms in total. The highest BCUT2D eigenvalue weighted by Crippen LogP contribution is 2.49. The normalized spacial score (nSPS) is 16.6. The molecule has 0 aromatic heterocycles. The van der Waals surface area contributed by atoms with Gasteiger partial charge in [0.05, 0.1) is 22.6 Å². The number of hydrogen-bond acceptors (Lipinski definition) is 5. The molecule has 0 atom stereocenters. The van der Waals surface area contributed by atoms with Crippen molar-refractivity contribution in [3.8, 4) is 0 Å². The van der Waals surface area contributed by atoms with Gasteiger partial charge in [-0.1, -0.05) is 23.9 Å². The van der Waals surface area contributed by atoms with E-state index in [0.29, 0.717) is 42.2 Å². The number of para-hydroxylation sites is 1. The molecule has 1 amide bonds. The Hall–Kier alpha value is -2.55. The van der Waals surface area contributed by atoms with Crippen molar-refractivity contribution in [2.75, 3.05) is 23.7 Å². The molecule has 172 valence electrons. The number of likely N-dealkylation sites (tertiary alicyclic amines) is 1. The van der Waals surface area contributed by atoms with E-state index in [-0.39, 0.29) is 12.1 Å². The van der Waals surface area contributed by atoms with E-state index in [9.17, 15) is 18.0 Å². The van der Waals surface area contributed by atoms with Gasteiger partial charge in [0.1, 0.15) is 5.60 Å². The minimum absolute atomic E-state index is 0.0507. The summed E-state index contributed by atoms with van der Waals surface area (Å²) in [5, 5.41) is 6.60. The molecule has 2 aromatic rings. The number of halogens is 3. The van der Waals surface area contributed by atoms with E-state index >= 15 is 0 Å². The molecule has 0 unspecified atom stereocenters. The number of hydrogen-bond donors (Lipinski definition) is 2. The Morgan fingerprint density at radius 3 is 2.47 bits per heavy atom. The Balaban J connectivity index is 1.52. The van der Waals surface area contributed by atoms with E-state index in [1.807, 2.05) is 45.0 Å². The second kappa shape index (κ2) is 8.42. The smallest absolute Gasteiger partial charge is 0.416 e. The van der Waals surface area contributed by atoms with Crippen LogP contribution < -0.4 is 10.6 Å². The lowest BCUT2D eigenvalue weighted by molar-refractivity contribution is -0.137. The zero-order valence-electron chi connectivity index (χ0n) is 18.2. The minimum atomic E-state index is -4.44. The van der Waals surface area contributed by atoms with Gasteiger partial charge in [0, 0.05) is 28.9 Å². The van der Waals surface area contributed by atoms with Gasteiger partial charge < -0.3 is 20.3 Å². The van der Waals surface area contributed by atoms with Gasteiger partial charge in [-0.15, -0.1) is 0 Å². The van der Waals surface area contributed by atoms with Crippen LogP contribution in [-0.4, -0.2) is 35.7 Å². The van der Waals surface area contributed by atoms with E-state index < -0.39 is 17.3 Å². The summed E-state index contributed by atoms with van der Waals surface area (Å²) in [5.74, 6) is 0. The first kappa shape index (κ1) is 22.6. The molecule has 0 bridgehead atoms. The fourth-order valence-electron chi connectivity index (χ4n) is 3.77. The van der Waals surface area contributed by atoms with Crippen molar-refractivity contribution in [2.24, 2.45) is 0 Å². The zero-order valence-corrected chi connectivity index (χ0v) is 19.0. The van der Waals surface area contributed by atoms with Crippen LogP contribution in [0.25, 0.3) is 0 Å². The Morgan fingerprint density at radius 1 is 1.12 bits per heavy atom. The molecule has 9 heteroatoms. The van der Waals surface area contributed by atoms with Crippen LogP contribution in [0.2, 0.25) is 0 Å². The molecule has 2 aromatic carbocycles. The maximum absolute atomic E-state index is 13.6. The first-order valence-electron chi connectivity index (χ1n) is 10.5. The van der Waals surface area contributed by atoms with Crippen LogP contribution in [-0.2, 0) is 10.9 Å². The lowest BCUT2D eigenvalue weighted by Gasteiger charge is -2.35. The largest absolute Gasteiger partial charge is 0.444 e. The molecule has 2 N–H and O–H groups in total. The summed E-state index contributed by atoms with van der Waals surface area (Å²) in [5.41, 5.74) is 0.693. The van der Waals surface area contributed by atoms with E-state index in [2.05, 4.69) is 10.6 Å². The SMILES string of the molecule is CC(C)(C)OC(=O)N1CCC(Nc2cc(C(F)(F)F)cc3c2Nc2ccccc2S3)CC1. The van der Waals surface area contributed by atoms with Crippen LogP contribution in [0.5, 0.6) is 0 Å². The maximum atomic E-state index is 13.6. The number of amides is 1. The van der Waals surface area contributed by atoms with Crippen molar-refractivity contribution < 1.29 is 22.7 Å². The molecule has 1 fully saturated rings. The number of piperidine rings is 1. The predicted molar refractivity (Wildman–Crippen MR) is 120 cm³/mol. The van der Waals surface area contributed by atoms with Crippen molar-refractivity contribution >= 4 is 34.9 Å². The Kier molecular flexibility index (Phi) is 5.96. The molecule has 4 rings (SSSR count). The number of nitrogens with zero attached hydrogens (tertiary/aromatic N) is 1. The lowest BCUT2D eigenvalue weighted by atomic mass is 10.0. The number of fused-ring (bicyclic) bond motifs is 2. The first-order valence-corrected chi connectivity index (χ1v) is 11.3. The number of carbonyl (C=O) groups excluding carboxylic acids is 1. The predicted octanol–water partition coefficient (Wildman–Crippen LogP) is 6.73. The van der Waals surface area contributed by atoms with Gasteiger partial charge in [-0.3, -0.25) is 0 Å². The van der Waals surface area contributed by atoms with Crippen LogP contribution in [0.3, 0.4) is 0 Å². The van der Waals surface area contributed by atoms with E-state index in [4.69, 9.17) is 4.74 Å². The summed E-state index contributed by atoms with van der Waals surface area (Å²) < 4.78 is 46.1. The van der Waals surface area contributed by atoms with Gasteiger partial charge in [0.15, 0.2) is 0 Å². The van der Waals surface area contributed by atoms with Crippen LogP contribution in [0, 0.1) is 0 Å². The summed E-state index contributed by atoms with van der Waals surface area (Å²) in [7, 11) is 0. The third kappa shape index (κ3) is 5.09. The van der Waals surface area contributed by atoms with Crippen molar-refractivity contribution in [2.45, 2.75) is 61.2 Å². The number of alkyl halides is 3. The molecular weight excluding hydrogens is 439 g/mol. The fourth-order valence-corrected chi connectivity index (χ4v) is 4.83. The summed E-state index contributed by atoms with van der Waals surface area (Å²) in [6, 6.07) is 9.86. The Labute approximate surface area is 189 Å². The van der Waals surface area contributed by atoms with Crippen molar-refractivity contribution in [3.63, 3.8) is 0 Å². The van der Waals surface area contributed by atoms with E-state index in [1.54, 1.807) is 4.90 Å². The monoisotopic (exact) mass is 465 g/mol. The number of rotatable bonds is 2. The van der Waals surface area contributed by atoms with Gasteiger partial charge in [0.2, 0.25) is 0 Å². The summed E-state index contributed by atoms with van der Waals surface area (Å²) >= 11 is 1.33. The van der Waals surface area contributed by atoms with Crippen LogP contribution >= 0.6 is 11.8 Å². The minimum Gasteiger partial charge on any atom is -0.444 e. The summed E-state index contributed by atoms with van der Waals surface area (Å²) in [4.78, 5) is 15.4. The van der Waals surface area contributed by atoms with Crippen LogP contribution in [0.4, 0.5) is 35.0 Å².